The van der Waals surface area contributed by atoms with E-state index in [0.29, 0.717) is 20.9 Å². The largest absolute Gasteiger partial charge is 0.469 e. The van der Waals surface area contributed by atoms with Gasteiger partial charge in [0, 0.05) is 34.7 Å². The lowest BCUT2D eigenvalue weighted by Crippen LogP contribution is -2.35. The van der Waals surface area contributed by atoms with Gasteiger partial charge in [-0.15, -0.1) is 0 Å². The average Bonchev–Trinajstić information content (AvgIpc) is 2.97. The molecule has 10 nitrogen and oxygen atoms in total. The molecule has 2 aromatic rings. The van der Waals surface area contributed by atoms with E-state index in [0.717, 1.165) is 0 Å². The zero-order valence-electron chi connectivity index (χ0n) is 22.2. The van der Waals surface area contributed by atoms with E-state index in [1.165, 1.54) is 35.8 Å². The molecule has 0 saturated heterocycles. The van der Waals surface area contributed by atoms with Gasteiger partial charge in [-0.25, -0.2) is 0 Å². The molecule has 2 rings (SSSR count). The van der Waals surface area contributed by atoms with Gasteiger partial charge in [0.25, 0.3) is 11.8 Å². The van der Waals surface area contributed by atoms with E-state index in [2.05, 4.69) is 20.1 Å². The van der Waals surface area contributed by atoms with Crippen LogP contribution in [0.4, 0.5) is 0 Å². The first-order chi connectivity index (χ1) is 19.3. The summed E-state index contributed by atoms with van der Waals surface area (Å²) in [5, 5.41) is 23.9. The van der Waals surface area contributed by atoms with Crippen LogP contribution in [0.15, 0.2) is 58.3 Å². The fourth-order valence-electron chi connectivity index (χ4n) is 3.53. The quantitative estimate of drug-likeness (QED) is 0.227. The average molecular weight is 583 g/mol. The first-order valence-electron chi connectivity index (χ1n) is 12.3. The number of hydrogen-bond donors (Lipinski definition) is 2. The van der Waals surface area contributed by atoms with E-state index in [1.54, 1.807) is 48.5 Å². The smallest absolute Gasteiger partial charge is 0.305 e. The summed E-state index contributed by atoms with van der Waals surface area (Å²) in [5.74, 6) is -1.61. The molecule has 0 aliphatic heterocycles. The molecule has 0 saturated carbocycles. The van der Waals surface area contributed by atoms with Crippen molar-refractivity contribution < 1.29 is 28.7 Å². The number of esters is 2. The molecule has 0 aliphatic carbocycles. The Morgan fingerprint density at radius 1 is 0.725 bits per heavy atom. The topological polar surface area (TPSA) is 158 Å². The van der Waals surface area contributed by atoms with Gasteiger partial charge in [-0.05, 0) is 37.1 Å². The van der Waals surface area contributed by atoms with Gasteiger partial charge in [0.1, 0.15) is 0 Å². The molecular formula is C28H30N4O6S2. The molecule has 0 fully saturated rings. The van der Waals surface area contributed by atoms with Crippen molar-refractivity contribution >= 4 is 45.3 Å². The zero-order valence-corrected chi connectivity index (χ0v) is 23.8. The van der Waals surface area contributed by atoms with E-state index in [4.69, 9.17) is 10.5 Å². The van der Waals surface area contributed by atoms with Crippen LogP contribution in [-0.2, 0) is 19.1 Å². The highest BCUT2D eigenvalue weighted by atomic mass is 33.1. The molecule has 0 unspecified atom stereocenters. The molecule has 12 heteroatoms. The number of hydrogen-bond acceptors (Lipinski definition) is 10. The molecule has 0 aliphatic rings. The third-order valence-corrected chi connectivity index (χ3v) is 8.16. The van der Waals surface area contributed by atoms with Crippen molar-refractivity contribution in [1.82, 2.24) is 10.6 Å². The van der Waals surface area contributed by atoms with Crippen molar-refractivity contribution in [3.63, 3.8) is 0 Å². The van der Waals surface area contributed by atoms with E-state index < -0.39 is 24.0 Å². The van der Waals surface area contributed by atoms with Crippen molar-refractivity contribution in [2.24, 2.45) is 0 Å². The van der Waals surface area contributed by atoms with Gasteiger partial charge in [-0.3, -0.25) is 19.2 Å². The Bertz CT molecular complexity index is 1180. The Morgan fingerprint density at radius 2 is 1.10 bits per heavy atom. The summed E-state index contributed by atoms with van der Waals surface area (Å²) in [6.45, 7) is 0. The van der Waals surface area contributed by atoms with E-state index in [-0.39, 0.29) is 50.3 Å². The standard InChI is InChI=1S/C28H30N4O6S2/c1-37-25(33)13-11-19(15-17-29)31-27(35)21-7-3-5-9-23(21)39-40-24-10-6-4-8-22(24)28(36)32-20(16-18-30)12-14-26(34)38-2/h3-10,19-20H,11-16H2,1-2H3,(H,31,35)(H,32,36)/t19-,20-/m1/s1. The van der Waals surface area contributed by atoms with Crippen molar-refractivity contribution in [2.45, 2.75) is 60.4 Å². The van der Waals surface area contributed by atoms with Gasteiger partial charge in [-0.1, -0.05) is 45.9 Å². The summed E-state index contributed by atoms with van der Waals surface area (Å²) in [6.07, 6.45) is 0.775. The van der Waals surface area contributed by atoms with Crippen LogP contribution in [0, 0.1) is 22.7 Å². The Hall–Kier alpha value is -4.00. The normalized spacial score (nSPS) is 11.7. The Labute approximate surface area is 241 Å². The molecular weight excluding hydrogens is 552 g/mol. The predicted octanol–water partition coefficient (Wildman–Crippen LogP) is 4.42. The molecule has 0 radical (unpaired) electrons. The highest BCUT2D eigenvalue weighted by Crippen LogP contribution is 2.40. The summed E-state index contributed by atoms with van der Waals surface area (Å²) in [7, 11) is 5.15. The van der Waals surface area contributed by atoms with Gasteiger partial charge in [0.15, 0.2) is 0 Å². The highest BCUT2D eigenvalue weighted by molar-refractivity contribution is 8.76. The maximum atomic E-state index is 13.1. The maximum Gasteiger partial charge on any atom is 0.305 e. The van der Waals surface area contributed by atoms with Crippen LogP contribution < -0.4 is 10.6 Å². The Kier molecular flexibility index (Phi) is 14.1. The first-order valence-corrected chi connectivity index (χ1v) is 14.5. The van der Waals surface area contributed by atoms with Crippen LogP contribution in [0.5, 0.6) is 0 Å². The SMILES string of the molecule is COC(=O)CC[C@H](CC#N)NC(=O)c1ccccc1SSc1ccccc1C(=O)N[C@@H](CC#N)CCC(=O)OC. The number of rotatable bonds is 15. The maximum absolute atomic E-state index is 13.1. The summed E-state index contributed by atoms with van der Waals surface area (Å²) in [4.78, 5) is 50.5. The van der Waals surface area contributed by atoms with Gasteiger partial charge < -0.3 is 20.1 Å². The third kappa shape index (κ3) is 10.6. The first kappa shape index (κ1) is 32.2. The molecule has 0 spiro atoms. The van der Waals surface area contributed by atoms with Gasteiger partial charge >= 0.3 is 11.9 Å². The third-order valence-electron chi connectivity index (χ3n) is 5.68. The Morgan fingerprint density at radius 3 is 1.45 bits per heavy atom. The molecule has 0 bridgehead atoms. The lowest BCUT2D eigenvalue weighted by molar-refractivity contribution is -0.141. The van der Waals surface area contributed by atoms with Gasteiger partial charge in [0.05, 0.1) is 50.3 Å². The molecule has 0 heterocycles. The van der Waals surface area contributed by atoms with Gasteiger partial charge in [-0.2, -0.15) is 10.5 Å². The minimum atomic E-state index is -0.521. The van der Waals surface area contributed by atoms with E-state index in [9.17, 15) is 19.2 Å². The molecule has 2 amide bonds. The molecule has 40 heavy (non-hydrogen) atoms. The molecule has 2 atom stereocenters. The van der Waals surface area contributed by atoms with Crippen LogP contribution >= 0.6 is 21.6 Å². The summed E-state index contributed by atoms with van der Waals surface area (Å²) in [6, 6.07) is 16.9. The van der Waals surface area contributed by atoms with Crippen molar-refractivity contribution in [3.8, 4) is 12.1 Å². The molecule has 210 valence electrons. The number of methoxy groups -OCH3 is 2. The summed E-state index contributed by atoms with van der Waals surface area (Å²) >= 11 is 0. The summed E-state index contributed by atoms with van der Waals surface area (Å²) in [5.41, 5.74) is 0.777. The van der Waals surface area contributed by atoms with Crippen molar-refractivity contribution in [3.05, 3.63) is 59.7 Å². The number of benzene rings is 2. The number of carbonyl (C=O) groups excluding carboxylic acids is 4. The Balaban J connectivity index is 2.13. The van der Waals surface area contributed by atoms with Crippen LogP contribution in [0.2, 0.25) is 0 Å². The van der Waals surface area contributed by atoms with E-state index in [1.807, 2.05) is 12.1 Å². The minimum Gasteiger partial charge on any atom is -0.469 e. The number of nitrogens with zero attached hydrogens (tertiary/aromatic N) is 2. The van der Waals surface area contributed by atoms with Crippen LogP contribution in [0.3, 0.4) is 0 Å². The lowest BCUT2D eigenvalue weighted by Gasteiger charge is -2.17. The number of ether oxygens (including phenoxy) is 2. The second-order valence-electron chi connectivity index (χ2n) is 8.45. The van der Waals surface area contributed by atoms with Crippen molar-refractivity contribution in [2.75, 3.05) is 14.2 Å². The van der Waals surface area contributed by atoms with Crippen LogP contribution in [0.1, 0.15) is 59.2 Å². The zero-order chi connectivity index (χ0) is 29.3. The fraction of sp³-hybridized carbons (Fsp3) is 0.357. The number of nitrogens with one attached hydrogen (secondary N) is 2. The highest BCUT2D eigenvalue weighted by Gasteiger charge is 2.20. The lowest BCUT2D eigenvalue weighted by atomic mass is 10.1. The number of amides is 2. The van der Waals surface area contributed by atoms with Gasteiger partial charge in [0.2, 0.25) is 0 Å². The van der Waals surface area contributed by atoms with Crippen LogP contribution in [0.25, 0.3) is 0 Å². The second-order valence-corrected chi connectivity index (χ2v) is 10.7. The monoisotopic (exact) mass is 582 g/mol. The number of nitriles is 2. The molecule has 2 N–H and O–H groups in total. The summed E-state index contributed by atoms with van der Waals surface area (Å²) < 4.78 is 9.29. The van der Waals surface area contributed by atoms with Crippen molar-refractivity contribution in [1.29, 1.82) is 10.5 Å². The second kappa shape index (κ2) is 17.6. The predicted molar refractivity (Wildman–Crippen MR) is 150 cm³/mol. The molecule has 2 aromatic carbocycles. The van der Waals surface area contributed by atoms with E-state index >= 15 is 0 Å². The fourth-order valence-corrected chi connectivity index (χ4v) is 5.89. The van der Waals surface area contributed by atoms with Crippen LogP contribution in [-0.4, -0.2) is 50.1 Å². The molecule has 0 aromatic heterocycles. The number of carbonyl (C=O) groups is 4. The minimum absolute atomic E-state index is 0.0434.